The molecule has 2 N–H and O–H groups in total. The van der Waals surface area contributed by atoms with Crippen molar-refractivity contribution in [3.05, 3.63) is 82.9 Å². The molecule has 1 saturated heterocycles. The molecule has 1 fully saturated rings. The Kier molecular flexibility index (Phi) is 5.39. The zero-order valence-electron chi connectivity index (χ0n) is 17.0. The van der Waals surface area contributed by atoms with Crippen molar-refractivity contribution in [1.82, 2.24) is 19.8 Å². The highest BCUT2D eigenvalue weighted by molar-refractivity contribution is 7.80. The lowest BCUT2D eigenvalue weighted by Gasteiger charge is -2.27. The molecule has 29 heavy (non-hydrogen) atoms. The summed E-state index contributed by atoms with van der Waals surface area (Å²) in [7, 11) is 0. The largest absolute Gasteiger partial charge is 0.395 e. The first kappa shape index (κ1) is 19.6. The van der Waals surface area contributed by atoms with E-state index >= 15 is 0 Å². The van der Waals surface area contributed by atoms with Crippen molar-refractivity contribution in [1.29, 1.82) is 0 Å². The third-order valence-electron chi connectivity index (χ3n) is 5.62. The van der Waals surface area contributed by atoms with Crippen LogP contribution in [-0.2, 0) is 0 Å². The number of aryl methyl sites for hydroxylation is 2. The molecule has 0 saturated carbocycles. The van der Waals surface area contributed by atoms with Gasteiger partial charge in [-0.15, -0.1) is 0 Å². The molecule has 3 aromatic rings. The molecule has 1 aliphatic rings. The molecule has 0 radical (unpaired) electrons. The lowest BCUT2D eigenvalue weighted by molar-refractivity contribution is 0.223. The molecule has 6 heteroatoms. The average Bonchev–Trinajstić information content (AvgIpc) is 3.20. The fraction of sp³-hybridized carbons (Fsp3) is 0.304. The minimum atomic E-state index is -0.0674. The lowest BCUT2D eigenvalue weighted by atomic mass is 9.97. The van der Waals surface area contributed by atoms with Crippen molar-refractivity contribution >= 4 is 17.3 Å². The number of nitrogens with one attached hydrogen (secondary N) is 1. The van der Waals surface area contributed by atoms with Gasteiger partial charge in [-0.25, -0.2) is 0 Å². The third kappa shape index (κ3) is 3.54. The number of rotatable bonds is 5. The predicted molar refractivity (Wildman–Crippen MR) is 119 cm³/mol. The van der Waals surface area contributed by atoms with Gasteiger partial charge in [0.05, 0.1) is 24.4 Å². The van der Waals surface area contributed by atoms with Crippen LogP contribution in [0, 0.1) is 20.8 Å². The van der Waals surface area contributed by atoms with Crippen LogP contribution >= 0.6 is 12.2 Å². The first-order valence-electron chi connectivity index (χ1n) is 9.86. The molecule has 2 aromatic heterocycles. The summed E-state index contributed by atoms with van der Waals surface area (Å²) in [6.45, 7) is 6.90. The Morgan fingerprint density at radius 1 is 1.10 bits per heavy atom. The standard InChI is InChI=1S/C23H26N4OS/c1-15-7-9-18(10-8-15)27-16(2)14-19(17(27)3)22-21(20-6-4-5-11-24-20)25-23(29)26(22)12-13-28/h4-11,14,21-22,28H,12-13H2,1-3H3,(H,25,29)/t21-,22+/m0/s1. The van der Waals surface area contributed by atoms with Crippen molar-refractivity contribution in [3.63, 3.8) is 0 Å². The molecule has 5 nitrogen and oxygen atoms in total. The maximum absolute atomic E-state index is 9.65. The summed E-state index contributed by atoms with van der Waals surface area (Å²) >= 11 is 5.62. The molecule has 3 heterocycles. The molecule has 0 unspecified atom stereocenters. The van der Waals surface area contributed by atoms with E-state index in [9.17, 15) is 5.11 Å². The minimum absolute atomic E-state index is 0.0325. The number of nitrogens with zero attached hydrogens (tertiary/aromatic N) is 3. The van der Waals surface area contributed by atoms with Gasteiger partial charge in [0.2, 0.25) is 0 Å². The molecule has 1 aromatic carbocycles. The van der Waals surface area contributed by atoms with E-state index in [4.69, 9.17) is 12.2 Å². The van der Waals surface area contributed by atoms with Gasteiger partial charge < -0.3 is 19.9 Å². The summed E-state index contributed by atoms with van der Waals surface area (Å²) in [5.41, 5.74) is 6.87. The molecule has 0 spiro atoms. The number of hydrogen-bond donors (Lipinski definition) is 2. The van der Waals surface area contributed by atoms with Gasteiger partial charge in [-0.3, -0.25) is 4.98 Å². The molecular formula is C23H26N4OS. The molecule has 0 bridgehead atoms. The van der Waals surface area contributed by atoms with Crippen molar-refractivity contribution in [2.45, 2.75) is 32.9 Å². The highest BCUT2D eigenvalue weighted by Gasteiger charge is 2.41. The van der Waals surface area contributed by atoms with Gasteiger partial charge in [-0.05, 0) is 68.9 Å². The molecule has 2 atom stereocenters. The van der Waals surface area contributed by atoms with Crippen LogP contribution in [-0.4, -0.2) is 37.8 Å². The van der Waals surface area contributed by atoms with Crippen LogP contribution in [0.15, 0.2) is 54.7 Å². The maximum Gasteiger partial charge on any atom is 0.170 e. The second-order valence-corrected chi connectivity index (χ2v) is 7.93. The van der Waals surface area contributed by atoms with Crippen LogP contribution in [0.2, 0.25) is 0 Å². The van der Waals surface area contributed by atoms with Crippen molar-refractivity contribution in [3.8, 4) is 5.69 Å². The van der Waals surface area contributed by atoms with Crippen molar-refractivity contribution < 1.29 is 5.11 Å². The number of aliphatic hydroxyl groups is 1. The molecule has 150 valence electrons. The van der Waals surface area contributed by atoms with Crippen LogP contribution < -0.4 is 5.32 Å². The van der Waals surface area contributed by atoms with E-state index in [0.717, 1.165) is 11.4 Å². The quantitative estimate of drug-likeness (QED) is 0.632. The second-order valence-electron chi connectivity index (χ2n) is 7.54. The van der Waals surface area contributed by atoms with Crippen molar-refractivity contribution in [2.24, 2.45) is 0 Å². The fourth-order valence-corrected chi connectivity index (χ4v) is 4.60. The number of hydrogen-bond acceptors (Lipinski definition) is 3. The topological polar surface area (TPSA) is 53.3 Å². The molecule has 0 amide bonds. The van der Waals surface area contributed by atoms with Gasteiger partial charge in [0.25, 0.3) is 0 Å². The highest BCUT2D eigenvalue weighted by atomic mass is 32.1. The van der Waals surface area contributed by atoms with E-state index in [1.807, 2.05) is 18.2 Å². The van der Waals surface area contributed by atoms with E-state index < -0.39 is 0 Å². The summed E-state index contributed by atoms with van der Waals surface area (Å²) in [6, 6.07) is 16.6. The fourth-order valence-electron chi connectivity index (χ4n) is 4.27. The average molecular weight is 407 g/mol. The zero-order chi connectivity index (χ0) is 20.5. The van der Waals surface area contributed by atoms with E-state index in [1.165, 1.54) is 22.5 Å². The van der Waals surface area contributed by atoms with Gasteiger partial charge in [0.1, 0.15) is 0 Å². The Bertz CT molecular complexity index is 1010. The molecule has 1 aliphatic heterocycles. The number of aliphatic hydroxyl groups excluding tert-OH is 1. The van der Waals surface area contributed by atoms with E-state index in [2.05, 4.69) is 70.9 Å². The smallest absolute Gasteiger partial charge is 0.170 e. The number of β-amino-alcohol motifs (C(OH)–C–C–N with tert-alkyl or cyclic N) is 1. The van der Waals surface area contributed by atoms with E-state index in [-0.39, 0.29) is 18.7 Å². The molecular weight excluding hydrogens is 380 g/mol. The summed E-state index contributed by atoms with van der Waals surface area (Å²) < 4.78 is 2.28. The van der Waals surface area contributed by atoms with Gasteiger partial charge in [-0.1, -0.05) is 23.8 Å². The summed E-state index contributed by atoms with van der Waals surface area (Å²) in [6.07, 6.45) is 1.81. The Morgan fingerprint density at radius 2 is 1.86 bits per heavy atom. The predicted octanol–water partition coefficient (Wildman–Crippen LogP) is 3.76. The number of benzene rings is 1. The van der Waals surface area contributed by atoms with Gasteiger partial charge >= 0.3 is 0 Å². The normalized spacial score (nSPS) is 18.9. The van der Waals surface area contributed by atoms with E-state index in [1.54, 1.807) is 6.20 Å². The Labute approximate surface area is 177 Å². The first-order valence-corrected chi connectivity index (χ1v) is 10.3. The first-order chi connectivity index (χ1) is 14.0. The maximum atomic E-state index is 9.65. The molecule has 4 rings (SSSR count). The third-order valence-corrected chi connectivity index (χ3v) is 5.97. The summed E-state index contributed by atoms with van der Waals surface area (Å²) in [5, 5.41) is 13.7. The van der Waals surface area contributed by atoms with Crippen LogP contribution in [0.4, 0.5) is 0 Å². The van der Waals surface area contributed by atoms with Crippen LogP contribution in [0.5, 0.6) is 0 Å². The van der Waals surface area contributed by atoms with Crippen molar-refractivity contribution in [2.75, 3.05) is 13.2 Å². The Balaban J connectivity index is 1.82. The van der Waals surface area contributed by atoms with E-state index in [0.29, 0.717) is 11.7 Å². The summed E-state index contributed by atoms with van der Waals surface area (Å²) in [4.78, 5) is 6.65. The number of pyridine rings is 1. The lowest BCUT2D eigenvalue weighted by Crippen LogP contribution is -2.32. The van der Waals surface area contributed by atoms with Gasteiger partial charge in [0.15, 0.2) is 5.11 Å². The Morgan fingerprint density at radius 3 is 2.52 bits per heavy atom. The number of aromatic nitrogens is 2. The van der Waals surface area contributed by atoms with Gasteiger partial charge in [-0.2, -0.15) is 0 Å². The molecule has 0 aliphatic carbocycles. The zero-order valence-corrected chi connectivity index (χ0v) is 17.8. The van der Waals surface area contributed by atoms with Crippen LogP contribution in [0.1, 0.15) is 40.3 Å². The van der Waals surface area contributed by atoms with Crippen LogP contribution in [0.25, 0.3) is 5.69 Å². The van der Waals surface area contributed by atoms with Gasteiger partial charge in [0, 0.05) is 29.8 Å². The SMILES string of the molecule is Cc1ccc(-n2c(C)cc([C@@H]3[C@H](c4ccccn4)NC(=S)N3CCO)c2C)cc1. The van der Waals surface area contributed by atoms with Crippen LogP contribution in [0.3, 0.4) is 0 Å². The highest BCUT2D eigenvalue weighted by Crippen LogP contribution is 2.41. The Hall–Kier alpha value is -2.70. The second kappa shape index (κ2) is 7.97. The minimum Gasteiger partial charge on any atom is -0.395 e. The number of thiocarbonyl (C=S) groups is 1. The summed E-state index contributed by atoms with van der Waals surface area (Å²) in [5.74, 6) is 0. The monoisotopic (exact) mass is 406 g/mol.